The number of anilines is 4. The number of halogens is 2. The number of aliphatic imine (C=N–C) groups is 1. The van der Waals surface area contributed by atoms with Gasteiger partial charge in [0, 0.05) is 42.2 Å². The molecule has 1 saturated heterocycles. The third-order valence-corrected chi connectivity index (χ3v) is 6.93. The molecule has 0 spiro atoms. The molecule has 0 radical (unpaired) electrons. The van der Waals surface area contributed by atoms with Crippen LogP contribution in [-0.4, -0.2) is 57.9 Å². The Kier molecular flexibility index (Phi) is 7.26. The standard InChI is InChI=1S/C26H23Cl2N7O3/c1-14(36)15-2-5-22(20(27)11-15)33-26(38)35-8-6-17(7-9-35)31-23-21(28)13-30-25(34-23)32-18-3-4-19-16(10-18)12-29-24(19)37/h2-5,10-13,17H,6-9H2,1H3,(H,33,38)(H2,30,31,32,34). The number of carbonyl (C=O) groups is 3. The van der Waals surface area contributed by atoms with Gasteiger partial charge in [0.25, 0.3) is 5.91 Å². The van der Waals surface area contributed by atoms with E-state index in [-0.39, 0.29) is 23.8 Å². The molecule has 5 rings (SSSR count). The Labute approximate surface area is 228 Å². The number of carbonyl (C=O) groups excluding carboxylic acids is 3. The molecule has 2 aliphatic heterocycles. The topological polar surface area (TPSA) is 129 Å². The van der Waals surface area contributed by atoms with Gasteiger partial charge in [0.1, 0.15) is 5.02 Å². The zero-order valence-corrected chi connectivity index (χ0v) is 21.8. The summed E-state index contributed by atoms with van der Waals surface area (Å²) in [5.41, 5.74) is 2.95. The van der Waals surface area contributed by atoms with E-state index in [2.05, 4.69) is 30.9 Å². The van der Waals surface area contributed by atoms with Gasteiger partial charge in [0.15, 0.2) is 11.6 Å². The highest BCUT2D eigenvalue weighted by molar-refractivity contribution is 6.34. The molecular formula is C26H23Cl2N7O3. The number of piperidine rings is 1. The van der Waals surface area contributed by atoms with Crippen molar-refractivity contribution in [2.24, 2.45) is 4.99 Å². The van der Waals surface area contributed by atoms with E-state index in [1.807, 2.05) is 0 Å². The van der Waals surface area contributed by atoms with Gasteiger partial charge in [-0.3, -0.25) is 9.59 Å². The van der Waals surface area contributed by atoms with E-state index in [0.717, 1.165) is 5.56 Å². The highest BCUT2D eigenvalue weighted by Crippen LogP contribution is 2.27. The number of urea groups is 1. The summed E-state index contributed by atoms with van der Waals surface area (Å²) in [5.74, 6) is 0.489. The number of hydrogen-bond acceptors (Lipinski definition) is 7. The lowest BCUT2D eigenvalue weighted by Crippen LogP contribution is -2.44. The maximum Gasteiger partial charge on any atom is 0.321 e. The molecule has 0 aliphatic carbocycles. The second-order valence-corrected chi connectivity index (χ2v) is 9.78. The molecule has 3 amide bonds. The number of ketones is 1. The van der Waals surface area contributed by atoms with Crippen LogP contribution in [0.4, 0.5) is 27.9 Å². The molecule has 0 unspecified atom stereocenters. The van der Waals surface area contributed by atoms with Crippen molar-refractivity contribution in [1.82, 2.24) is 14.9 Å². The zero-order valence-electron chi connectivity index (χ0n) is 20.3. The number of nitrogens with one attached hydrogen (secondary N) is 3. The van der Waals surface area contributed by atoms with Crippen molar-refractivity contribution >= 4 is 70.3 Å². The van der Waals surface area contributed by atoms with Gasteiger partial charge in [-0.25, -0.2) is 14.8 Å². The van der Waals surface area contributed by atoms with Crippen molar-refractivity contribution in [1.29, 1.82) is 0 Å². The average Bonchev–Trinajstić information content (AvgIpc) is 3.27. The fraction of sp³-hybridized carbons (Fsp3) is 0.231. The Bertz CT molecular complexity index is 1470. The van der Waals surface area contributed by atoms with Crippen LogP contribution in [0.25, 0.3) is 0 Å². The summed E-state index contributed by atoms with van der Waals surface area (Å²) >= 11 is 12.6. The van der Waals surface area contributed by atoms with Crippen molar-refractivity contribution in [3.05, 3.63) is 69.3 Å². The summed E-state index contributed by atoms with van der Waals surface area (Å²) in [6.45, 7) is 2.51. The van der Waals surface area contributed by atoms with Gasteiger partial charge in [-0.2, -0.15) is 4.98 Å². The lowest BCUT2D eigenvalue weighted by molar-refractivity contribution is 0.100. The molecule has 38 heavy (non-hydrogen) atoms. The number of fused-ring (bicyclic) bond motifs is 1. The number of likely N-dealkylation sites (tertiary alicyclic amines) is 1. The van der Waals surface area contributed by atoms with E-state index < -0.39 is 0 Å². The Hall–Kier alpha value is -4.02. The SMILES string of the molecule is CC(=O)c1ccc(NC(=O)N2CCC(Nc3nc(Nc4ccc5c(c4)C=NC5=O)ncc3Cl)CC2)c(Cl)c1. The minimum absolute atomic E-state index is 0.0555. The molecule has 0 atom stereocenters. The van der Waals surface area contributed by atoms with E-state index in [4.69, 9.17) is 23.2 Å². The average molecular weight is 552 g/mol. The predicted molar refractivity (Wildman–Crippen MR) is 147 cm³/mol. The maximum absolute atomic E-state index is 12.8. The molecule has 2 aliphatic rings. The first-order valence-electron chi connectivity index (χ1n) is 11.9. The van der Waals surface area contributed by atoms with Crippen LogP contribution in [0.5, 0.6) is 0 Å². The number of Topliss-reactive ketones (excluding diaryl/α,β-unsaturated/α-hetero) is 1. The lowest BCUT2D eigenvalue weighted by atomic mass is 10.1. The van der Waals surface area contributed by atoms with Crippen LogP contribution in [0.15, 0.2) is 47.6 Å². The van der Waals surface area contributed by atoms with Crippen molar-refractivity contribution in [2.45, 2.75) is 25.8 Å². The van der Waals surface area contributed by atoms with E-state index in [1.54, 1.807) is 41.3 Å². The Morgan fingerprint density at radius 1 is 1.05 bits per heavy atom. The lowest BCUT2D eigenvalue weighted by Gasteiger charge is -2.32. The third kappa shape index (κ3) is 5.61. The van der Waals surface area contributed by atoms with Crippen LogP contribution in [-0.2, 0) is 0 Å². The van der Waals surface area contributed by atoms with Crippen LogP contribution in [0, 0.1) is 0 Å². The summed E-state index contributed by atoms with van der Waals surface area (Å²) in [7, 11) is 0. The predicted octanol–water partition coefficient (Wildman–Crippen LogP) is 5.41. The largest absolute Gasteiger partial charge is 0.366 e. The van der Waals surface area contributed by atoms with Crippen molar-refractivity contribution in [2.75, 3.05) is 29.0 Å². The summed E-state index contributed by atoms with van der Waals surface area (Å²) in [4.78, 5) is 50.2. The smallest absolute Gasteiger partial charge is 0.321 e. The van der Waals surface area contributed by atoms with Gasteiger partial charge in [-0.15, -0.1) is 0 Å². The number of benzene rings is 2. The Morgan fingerprint density at radius 3 is 2.58 bits per heavy atom. The Morgan fingerprint density at radius 2 is 1.84 bits per heavy atom. The first-order valence-corrected chi connectivity index (χ1v) is 12.7. The highest BCUT2D eigenvalue weighted by Gasteiger charge is 2.24. The fourth-order valence-corrected chi connectivity index (χ4v) is 4.62. The maximum atomic E-state index is 12.8. The van der Waals surface area contributed by atoms with Gasteiger partial charge < -0.3 is 20.9 Å². The molecule has 1 aromatic heterocycles. The summed E-state index contributed by atoms with van der Waals surface area (Å²) in [5, 5.41) is 9.99. The number of hydrogen-bond donors (Lipinski definition) is 3. The molecule has 3 aromatic rings. The fourth-order valence-electron chi connectivity index (χ4n) is 4.25. The van der Waals surface area contributed by atoms with Crippen LogP contribution < -0.4 is 16.0 Å². The second kappa shape index (κ2) is 10.8. The molecule has 0 bridgehead atoms. The third-order valence-electron chi connectivity index (χ3n) is 6.34. The molecule has 12 heteroatoms. The monoisotopic (exact) mass is 551 g/mol. The second-order valence-electron chi connectivity index (χ2n) is 8.97. The van der Waals surface area contributed by atoms with E-state index >= 15 is 0 Å². The van der Waals surface area contributed by atoms with Crippen LogP contribution in [0.3, 0.4) is 0 Å². The first kappa shape index (κ1) is 25.6. The minimum atomic E-state index is -0.256. The van der Waals surface area contributed by atoms with E-state index in [9.17, 15) is 14.4 Å². The molecule has 3 N–H and O–H groups in total. The summed E-state index contributed by atoms with van der Waals surface area (Å²) in [6.07, 6.45) is 4.42. The first-order chi connectivity index (χ1) is 18.3. The molecule has 2 aromatic carbocycles. The molecule has 194 valence electrons. The Balaban J connectivity index is 1.17. The van der Waals surface area contributed by atoms with Gasteiger partial charge in [0.05, 0.1) is 22.5 Å². The van der Waals surface area contributed by atoms with Gasteiger partial charge >= 0.3 is 6.03 Å². The summed E-state index contributed by atoms with van der Waals surface area (Å²) < 4.78 is 0. The van der Waals surface area contributed by atoms with Gasteiger partial charge in [0.2, 0.25) is 5.95 Å². The zero-order chi connectivity index (χ0) is 26.8. The number of nitrogens with zero attached hydrogens (tertiary/aromatic N) is 4. The molecule has 3 heterocycles. The normalized spacial score (nSPS) is 14.8. The minimum Gasteiger partial charge on any atom is -0.366 e. The van der Waals surface area contributed by atoms with Crippen molar-refractivity contribution in [3.8, 4) is 0 Å². The van der Waals surface area contributed by atoms with Crippen molar-refractivity contribution < 1.29 is 14.4 Å². The molecular weight excluding hydrogens is 529 g/mol. The van der Waals surface area contributed by atoms with Crippen LogP contribution >= 0.6 is 23.2 Å². The molecule has 1 fully saturated rings. The van der Waals surface area contributed by atoms with Gasteiger partial charge in [-0.05, 0) is 56.2 Å². The molecule has 0 saturated carbocycles. The van der Waals surface area contributed by atoms with Crippen LogP contribution in [0.2, 0.25) is 10.0 Å². The van der Waals surface area contributed by atoms with Crippen molar-refractivity contribution in [3.63, 3.8) is 0 Å². The molecule has 10 nitrogen and oxygen atoms in total. The number of amides is 3. The highest BCUT2D eigenvalue weighted by atomic mass is 35.5. The quantitative estimate of drug-likeness (QED) is 0.349. The number of aromatic nitrogens is 2. The van der Waals surface area contributed by atoms with E-state index in [0.29, 0.717) is 70.2 Å². The van der Waals surface area contributed by atoms with Gasteiger partial charge in [-0.1, -0.05) is 23.2 Å². The van der Waals surface area contributed by atoms with Crippen LogP contribution in [0.1, 0.15) is 46.0 Å². The summed E-state index contributed by atoms with van der Waals surface area (Å²) in [6, 6.07) is 9.89. The number of rotatable bonds is 6. The van der Waals surface area contributed by atoms with E-state index in [1.165, 1.54) is 19.3 Å².